The zero-order valence-electron chi connectivity index (χ0n) is 12.1. The van der Waals surface area contributed by atoms with Gasteiger partial charge < -0.3 is 19.8 Å². The minimum atomic E-state index is -0.212. The summed E-state index contributed by atoms with van der Waals surface area (Å²) in [5.41, 5.74) is 0.527. The molecule has 1 aromatic heterocycles. The number of hydrogen-bond acceptors (Lipinski definition) is 5. The van der Waals surface area contributed by atoms with Gasteiger partial charge in [0.2, 0.25) is 12.7 Å². The van der Waals surface area contributed by atoms with E-state index in [1.165, 1.54) is 12.3 Å². The molecule has 1 aliphatic heterocycles. The van der Waals surface area contributed by atoms with Gasteiger partial charge in [0.1, 0.15) is 5.82 Å². The second kappa shape index (κ2) is 6.70. The normalized spacial score (nSPS) is 12.2. The van der Waals surface area contributed by atoms with Crippen molar-refractivity contribution in [3.8, 4) is 11.5 Å². The lowest BCUT2D eigenvalue weighted by molar-refractivity contribution is -0.120. The lowest BCUT2D eigenvalue weighted by atomic mass is 10.1. The van der Waals surface area contributed by atoms with Crippen molar-refractivity contribution in [2.24, 2.45) is 0 Å². The Kier molecular flexibility index (Phi) is 4.47. The summed E-state index contributed by atoms with van der Waals surface area (Å²) in [6.45, 7) is 0.511. The van der Waals surface area contributed by atoms with E-state index in [2.05, 4.69) is 15.3 Å². The molecule has 1 aliphatic rings. The van der Waals surface area contributed by atoms with E-state index >= 15 is 0 Å². The third-order valence-electron chi connectivity index (χ3n) is 3.26. The molecule has 0 atom stereocenters. The van der Waals surface area contributed by atoms with Gasteiger partial charge in [-0.3, -0.25) is 9.59 Å². The SMILES string of the molecule is O=C(Cc1cc(Cl)c2c(c1)OCO2)NCCc1nccc(=O)[nH]1. The minimum absolute atomic E-state index is 0.132. The van der Waals surface area contributed by atoms with E-state index in [9.17, 15) is 9.59 Å². The van der Waals surface area contributed by atoms with Gasteiger partial charge in [-0.05, 0) is 17.7 Å². The number of benzene rings is 1. The molecular formula is C15H14ClN3O4. The van der Waals surface area contributed by atoms with Crippen LogP contribution >= 0.6 is 11.6 Å². The minimum Gasteiger partial charge on any atom is -0.454 e. The maximum absolute atomic E-state index is 12.0. The first-order chi connectivity index (χ1) is 11.1. The molecule has 0 saturated heterocycles. The highest BCUT2D eigenvalue weighted by Gasteiger charge is 2.19. The van der Waals surface area contributed by atoms with Gasteiger partial charge in [-0.25, -0.2) is 4.98 Å². The molecule has 1 aromatic carbocycles. The summed E-state index contributed by atoms with van der Waals surface area (Å²) in [6, 6.07) is 4.76. The Bertz CT molecular complexity index is 791. The molecule has 0 aliphatic carbocycles. The Morgan fingerprint density at radius 3 is 3.09 bits per heavy atom. The smallest absolute Gasteiger partial charge is 0.250 e. The van der Waals surface area contributed by atoms with E-state index in [1.807, 2.05) is 0 Å². The number of halogens is 1. The van der Waals surface area contributed by atoms with Crippen LogP contribution in [0.1, 0.15) is 11.4 Å². The van der Waals surface area contributed by atoms with E-state index < -0.39 is 0 Å². The predicted molar refractivity (Wildman–Crippen MR) is 82.9 cm³/mol. The highest BCUT2D eigenvalue weighted by atomic mass is 35.5. The first-order valence-electron chi connectivity index (χ1n) is 7.01. The van der Waals surface area contributed by atoms with Crippen LogP contribution in [0, 0.1) is 0 Å². The van der Waals surface area contributed by atoms with Gasteiger partial charge in [0.05, 0.1) is 11.4 Å². The summed E-state index contributed by atoms with van der Waals surface area (Å²) < 4.78 is 10.5. The molecule has 1 amide bonds. The summed E-state index contributed by atoms with van der Waals surface area (Å²) in [6.07, 6.45) is 2.06. The van der Waals surface area contributed by atoms with Gasteiger partial charge in [0, 0.05) is 25.2 Å². The summed E-state index contributed by atoms with van der Waals surface area (Å²) >= 11 is 6.08. The first kappa shape index (κ1) is 15.4. The molecule has 3 rings (SSSR count). The summed E-state index contributed by atoms with van der Waals surface area (Å²) in [7, 11) is 0. The lowest BCUT2D eigenvalue weighted by Gasteiger charge is -2.07. The van der Waals surface area contributed by atoms with E-state index in [-0.39, 0.29) is 24.7 Å². The number of nitrogens with one attached hydrogen (secondary N) is 2. The summed E-state index contributed by atoms with van der Waals surface area (Å²) in [4.78, 5) is 29.7. The average molecular weight is 336 g/mol. The molecule has 0 saturated carbocycles. The van der Waals surface area contributed by atoms with Crippen molar-refractivity contribution >= 4 is 17.5 Å². The van der Waals surface area contributed by atoms with Crippen molar-refractivity contribution in [1.29, 1.82) is 0 Å². The van der Waals surface area contributed by atoms with Crippen LogP contribution in [-0.4, -0.2) is 29.2 Å². The predicted octanol–water partition coefficient (Wildman–Crippen LogP) is 1.05. The Balaban J connectivity index is 1.54. The number of H-pyrrole nitrogens is 1. The number of aromatic amines is 1. The van der Waals surface area contributed by atoms with Crippen LogP contribution in [0.5, 0.6) is 11.5 Å². The first-order valence-corrected chi connectivity index (χ1v) is 7.38. The lowest BCUT2D eigenvalue weighted by Crippen LogP contribution is -2.28. The van der Waals surface area contributed by atoms with E-state index in [0.29, 0.717) is 35.3 Å². The van der Waals surface area contributed by atoms with Gasteiger partial charge in [-0.1, -0.05) is 11.6 Å². The summed E-state index contributed by atoms with van der Waals surface area (Å²) in [5, 5.41) is 3.20. The molecule has 23 heavy (non-hydrogen) atoms. The zero-order chi connectivity index (χ0) is 16.2. The molecule has 2 aromatic rings. The molecule has 0 unspecified atom stereocenters. The van der Waals surface area contributed by atoms with E-state index in [1.54, 1.807) is 12.1 Å². The van der Waals surface area contributed by atoms with Gasteiger partial charge in [0.25, 0.3) is 5.56 Å². The Labute approximate surface area is 136 Å². The topological polar surface area (TPSA) is 93.3 Å². The maximum atomic E-state index is 12.0. The van der Waals surface area contributed by atoms with Gasteiger partial charge in [-0.15, -0.1) is 0 Å². The molecule has 120 valence electrons. The number of carbonyl (C=O) groups is 1. The van der Waals surface area contributed by atoms with Gasteiger partial charge in [0.15, 0.2) is 11.5 Å². The van der Waals surface area contributed by atoms with E-state index in [4.69, 9.17) is 21.1 Å². The van der Waals surface area contributed by atoms with Crippen LogP contribution in [0.3, 0.4) is 0 Å². The third kappa shape index (κ3) is 3.81. The molecule has 0 fully saturated rings. The molecule has 0 bridgehead atoms. The van der Waals surface area contributed by atoms with Crippen molar-refractivity contribution in [2.45, 2.75) is 12.8 Å². The van der Waals surface area contributed by atoms with Crippen molar-refractivity contribution in [2.75, 3.05) is 13.3 Å². The number of carbonyl (C=O) groups excluding carboxylic acids is 1. The Morgan fingerprint density at radius 1 is 1.39 bits per heavy atom. The number of amides is 1. The fraction of sp³-hybridized carbons (Fsp3) is 0.267. The quantitative estimate of drug-likeness (QED) is 0.852. The summed E-state index contributed by atoms with van der Waals surface area (Å²) in [5.74, 6) is 1.43. The number of aromatic nitrogens is 2. The molecule has 0 spiro atoms. The number of fused-ring (bicyclic) bond motifs is 1. The average Bonchev–Trinajstić information content (AvgIpc) is 2.96. The maximum Gasteiger partial charge on any atom is 0.250 e. The number of nitrogens with zero attached hydrogens (tertiary/aromatic N) is 1. The fourth-order valence-electron chi connectivity index (χ4n) is 2.23. The second-order valence-electron chi connectivity index (χ2n) is 4.97. The monoisotopic (exact) mass is 335 g/mol. The van der Waals surface area contributed by atoms with Crippen LogP contribution in [0.15, 0.2) is 29.2 Å². The molecule has 2 heterocycles. The van der Waals surface area contributed by atoms with Crippen molar-refractivity contribution in [1.82, 2.24) is 15.3 Å². The van der Waals surface area contributed by atoms with Crippen LogP contribution in [0.25, 0.3) is 0 Å². The van der Waals surface area contributed by atoms with Crippen molar-refractivity contribution in [3.63, 3.8) is 0 Å². The fourth-order valence-corrected chi connectivity index (χ4v) is 2.52. The van der Waals surface area contributed by atoms with Crippen molar-refractivity contribution in [3.05, 3.63) is 51.2 Å². The Morgan fingerprint density at radius 2 is 2.26 bits per heavy atom. The molecular weight excluding hydrogens is 322 g/mol. The van der Waals surface area contributed by atoms with Crippen LogP contribution in [-0.2, 0) is 17.6 Å². The second-order valence-corrected chi connectivity index (χ2v) is 5.38. The molecule has 2 N–H and O–H groups in total. The highest BCUT2D eigenvalue weighted by molar-refractivity contribution is 6.32. The standard InChI is InChI=1S/C15H14ClN3O4/c16-10-5-9(6-11-15(10)23-8-22-11)7-14(21)18-3-1-12-17-4-2-13(20)19-12/h2,4-6H,1,3,7-8H2,(H,18,21)(H,17,19,20). The largest absolute Gasteiger partial charge is 0.454 e. The van der Waals surface area contributed by atoms with Crippen LogP contribution in [0.2, 0.25) is 5.02 Å². The third-order valence-corrected chi connectivity index (χ3v) is 3.54. The molecule has 0 radical (unpaired) electrons. The van der Waals surface area contributed by atoms with Gasteiger partial charge in [-0.2, -0.15) is 0 Å². The van der Waals surface area contributed by atoms with E-state index in [0.717, 1.165) is 5.56 Å². The molecule has 7 nitrogen and oxygen atoms in total. The van der Waals surface area contributed by atoms with Crippen LogP contribution in [0.4, 0.5) is 0 Å². The van der Waals surface area contributed by atoms with Crippen molar-refractivity contribution < 1.29 is 14.3 Å². The van der Waals surface area contributed by atoms with Crippen LogP contribution < -0.4 is 20.3 Å². The molecule has 8 heteroatoms. The number of hydrogen-bond donors (Lipinski definition) is 2. The highest BCUT2D eigenvalue weighted by Crippen LogP contribution is 2.39. The number of ether oxygens (including phenoxy) is 2. The van der Waals surface area contributed by atoms with Gasteiger partial charge >= 0.3 is 0 Å². The Hall–Kier alpha value is -2.54. The zero-order valence-corrected chi connectivity index (χ0v) is 12.9. The number of rotatable bonds is 5.